The van der Waals surface area contributed by atoms with E-state index >= 15 is 0 Å². The van der Waals surface area contributed by atoms with Gasteiger partial charge in [-0.1, -0.05) is 200 Å². The lowest BCUT2D eigenvalue weighted by molar-refractivity contribution is 1.13. The number of aromatic nitrogens is 2. The highest BCUT2D eigenvalue weighted by atomic mass is 28.3. The highest BCUT2D eigenvalue weighted by Gasteiger charge is 2.41. The van der Waals surface area contributed by atoms with Crippen LogP contribution in [0.4, 0.5) is 0 Å². The minimum atomic E-state index is -2.33. The van der Waals surface area contributed by atoms with Gasteiger partial charge < -0.3 is 9.13 Å². The Morgan fingerprint density at radius 3 is 0.948 bits per heavy atom. The monoisotopic (exact) mass is 758 g/mol. The molecule has 0 aliphatic rings. The van der Waals surface area contributed by atoms with Gasteiger partial charge in [-0.25, -0.2) is 0 Å². The van der Waals surface area contributed by atoms with Crippen LogP contribution in [0.2, 0.25) is 0 Å². The van der Waals surface area contributed by atoms with Gasteiger partial charge in [0.15, 0.2) is 8.07 Å². The second-order valence-corrected chi connectivity index (χ2v) is 18.8. The lowest BCUT2D eigenvalue weighted by Crippen LogP contribution is -2.74. The molecular formula is C55H42N2Si. The van der Waals surface area contributed by atoms with E-state index in [1.807, 2.05) is 0 Å². The lowest BCUT2D eigenvalue weighted by Gasteiger charge is -2.34. The Hall–Kier alpha value is -7.20. The van der Waals surface area contributed by atoms with Crippen LogP contribution in [0.25, 0.3) is 55.0 Å². The molecule has 0 spiro atoms. The first-order valence-corrected chi connectivity index (χ1v) is 22.0. The van der Waals surface area contributed by atoms with E-state index in [9.17, 15) is 0 Å². The number of nitrogens with zero attached hydrogens (tertiary/aromatic N) is 2. The van der Waals surface area contributed by atoms with Gasteiger partial charge in [0.05, 0.1) is 22.1 Å². The molecule has 0 N–H and O–H groups in total. The van der Waals surface area contributed by atoms with Crippen molar-refractivity contribution in [3.8, 4) is 11.4 Å². The Kier molecular flexibility index (Phi) is 9.13. The molecule has 0 radical (unpaired) electrons. The zero-order valence-electron chi connectivity index (χ0n) is 32.4. The molecule has 0 aliphatic carbocycles. The molecule has 0 saturated carbocycles. The molecule has 2 nitrogen and oxygen atoms in total. The van der Waals surface area contributed by atoms with Crippen molar-refractivity contribution in [1.29, 1.82) is 0 Å². The van der Waals surface area contributed by atoms with Crippen molar-refractivity contribution in [2.45, 2.75) is 6.92 Å². The first kappa shape index (κ1) is 35.2. The molecule has 0 amide bonds. The van der Waals surface area contributed by atoms with Crippen LogP contribution in [-0.4, -0.2) is 17.2 Å². The average Bonchev–Trinajstić information content (AvgIpc) is 3.81. The fraction of sp³-hybridized carbons (Fsp3) is 0.0182. The molecule has 0 atom stereocenters. The zero-order valence-corrected chi connectivity index (χ0v) is 33.4. The Morgan fingerprint density at radius 1 is 0.276 bits per heavy atom. The third kappa shape index (κ3) is 5.96. The Labute approximate surface area is 340 Å². The maximum Gasteiger partial charge on any atom is 0.179 e. The molecule has 2 heterocycles. The fourth-order valence-electron chi connectivity index (χ4n) is 9.12. The first-order chi connectivity index (χ1) is 28.7. The van der Waals surface area contributed by atoms with Crippen LogP contribution < -0.4 is 20.7 Å². The molecule has 276 valence electrons. The topological polar surface area (TPSA) is 9.86 Å². The summed E-state index contributed by atoms with van der Waals surface area (Å²) >= 11 is 0. The minimum Gasteiger partial charge on any atom is -0.309 e. The van der Waals surface area contributed by atoms with E-state index in [-0.39, 0.29) is 0 Å². The van der Waals surface area contributed by atoms with Crippen molar-refractivity contribution in [3.05, 3.63) is 242 Å². The zero-order chi connectivity index (χ0) is 38.9. The van der Waals surface area contributed by atoms with Crippen LogP contribution in [0.3, 0.4) is 0 Å². The van der Waals surface area contributed by atoms with Crippen molar-refractivity contribution < 1.29 is 0 Å². The average molecular weight is 759 g/mol. The highest BCUT2D eigenvalue weighted by molar-refractivity contribution is 7.19. The molecule has 0 saturated heterocycles. The second-order valence-electron chi connectivity index (χ2n) is 15.0. The highest BCUT2D eigenvalue weighted by Crippen LogP contribution is 2.35. The van der Waals surface area contributed by atoms with E-state index < -0.39 is 8.07 Å². The number of para-hydroxylation sites is 4. The predicted octanol–water partition coefficient (Wildman–Crippen LogP) is 11.3. The second kappa shape index (κ2) is 15.0. The summed E-state index contributed by atoms with van der Waals surface area (Å²) in [6, 6.07) is 85.7. The molecule has 9 aromatic carbocycles. The molecule has 0 aliphatic heterocycles. The quantitative estimate of drug-likeness (QED) is 0.118. The Balaban J connectivity index is 0.000000144. The molecule has 0 fully saturated rings. The van der Waals surface area contributed by atoms with E-state index in [1.54, 1.807) is 0 Å². The predicted molar refractivity (Wildman–Crippen MR) is 250 cm³/mol. The molecule has 3 heteroatoms. The number of hydrogen-bond acceptors (Lipinski definition) is 0. The summed E-state index contributed by atoms with van der Waals surface area (Å²) in [6.07, 6.45) is 0. The van der Waals surface area contributed by atoms with Crippen LogP contribution >= 0.6 is 0 Å². The van der Waals surface area contributed by atoms with Gasteiger partial charge in [0.2, 0.25) is 0 Å². The van der Waals surface area contributed by atoms with Crippen molar-refractivity contribution in [3.63, 3.8) is 0 Å². The van der Waals surface area contributed by atoms with Crippen molar-refractivity contribution in [2.24, 2.45) is 0 Å². The van der Waals surface area contributed by atoms with Gasteiger partial charge in [-0.2, -0.15) is 0 Å². The van der Waals surface area contributed by atoms with Crippen LogP contribution in [0.1, 0.15) is 5.56 Å². The summed E-state index contributed by atoms with van der Waals surface area (Å²) in [7, 11) is -2.33. The Morgan fingerprint density at radius 2 is 0.586 bits per heavy atom. The normalized spacial score (nSPS) is 11.5. The van der Waals surface area contributed by atoms with E-state index in [0.717, 1.165) is 0 Å². The molecule has 0 unspecified atom stereocenters. The smallest absolute Gasteiger partial charge is 0.179 e. The van der Waals surface area contributed by atoms with Crippen LogP contribution in [0.5, 0.6) is 0 Å². The van der Waals surface area contributed by atoms with Gasteiger partial charge in [-0.05, 0) is 70.1 Å². The van der Waals surface area contributed by atoms with Crippen LogP contribution in [0, 0.1) is 6.92 Å². The largest absolute Gasteiger partial charge is 0.309 e. The van der Waals surface area contributed by atoms with E-state index in [4.69, 9.17) is 0 Å². The van der Waals surface area contributed by atoms with Crippen LogP contribution in [-0.2, 0) is 0 Å². The molecule has 0 bridgehead atoms. The summed E-state index contributed by atoms with van der Waals surface area (Å²) in [4.78, 5) is 0. The molecule has 11 aromatic rings. The van der Waals surface area contributed by atoms with Crippen molar-refractivity contribution in [2.75, 3.05) is 0 Å². The van der Waals surface area contributed by atoms with Gasteiger partial charge in [0.1, 0.15) is 0 Å². The van der Waals surface area contributed by atoms with Crippen molar-refractivity contribution >= 4 is 72.4 Å². The van der Waals surface area contributed by atoms with Gasteiger partial charge >= 0.3 is 0 Å². The maximum absolute atomic E-state index is 2.38. The Bertz CT molecular complexity index is 2850. The van der Waals surface area contributed by atoms with Crippen molar-refractivity contribution in [1.82, 2.24) is 9.13 Å². The summed E-state index contributed by atoms with van der Waals surface area (Å²) in [5.41, 5.74) is 8.56. The number of fused-ring (bicyclic) bond motifs is 6. The third-order valence-electron chi connectivity index (χ3n) is 11.6. The number of rotatable bonds is 6. The molecule has 2 aromatic heterocycles. The van der Waals surface area contributed by atoms with E-state index in [1.165, 1.54) is 81.3 Å². The van der Waals surface area contributed by atoms with E-state index in [0.29, 0.717) is 0 Å². The lowest BCUT2D eigenvalue weighted by atomic mass is 10.2. The number of hydrogen-bond donors (Lipinski definition) is 0. The first-order valence-electron chi connectivity index (χ1n) is 20.0. The SMILES string of the molecule is Cc1cccc([Si](c2ccccc2)(c2ccccc2)c2ccccc2)c1.c1cc(-n2c3ccccc3c3ccccc32)cc(-n2c3ccccc3c3ccccc32)c1. The molecule has 58 heavy (non-hydrogen) atoms. The standard InChI is InChI=1S/C30H20N2.C25H22Si/c1-5-16-27-23(12-1)24-13-2-6-17-28(24)31(27)21-10-9-11-22(20-21)32-29-18-7-3-14-25(29)26-15-4-8-19-30(26)32;1-21-12-11-19-25(20-21)26(22-13-5-2-6-14-22,23-15-7-3-8-16-23)24-17-9-4-10-18-24/h1-20H;2-20H,1H3. The molecule has 11 rings (SSSR count). The van der Waals surface area contributed by atoms with Gasteiger partial charge in [-0.15, -0.1) is 0 Å². The fourth-order valence-corrected chi connectivity index (χ4v) is 14.0. The third-order valence-corrected chi connectivity index (χ3v) is 16.4. The summed E-state index contributed by atoms with van der Waals surface area (Å²) in [5.74, 6) is 0. The number of aryl methyl sites for hydroxylation is 1. The van der Waals surface area contributed by atoms with Crippen LogP contribution in [0.15, 0.2) is 237 Å². The summed E-state index contributed by atoms with van der Waals surface area (Å²) < 4.78 is 4.75. The van der Waals surface area contributed by atoms with Gasteiger partial charge in [0.25, 0.3) is 0 Å². The summed E-state index contributed by atoms with van der Waals surface area (Å²) in [5, 5.41) is 10.8. The maximum atomic E-state index is 2.38. The number of benzene rings is 9. The molecular weight excluding hydrogens is 717 g/mol. The minimum absolute atomic E-state index is 1.17. The summed E-state index contributed by atoms with van der Waals surface area (Å²) in [6.45, 7) is 2.18. The van der Waals surface area contributed by atoms with E-state index in [2.05, 4.69) is 253 Å². The van der Waals surface area contributed by atoms with Gasteiger partial charge in [-0.3, -0.25) is 0 Å². The van der Waals surface area contributed by atoms with Gasteiger partial charge in [0, 0.05) is 32.9 Å².